The molecule has 0 aliphatic heterocycles. The fourth-order valence-corrected chi connectivity index (χ4v) is 3.82. The molecule has 5 nitrogen and oxygen atoms in total. The van der Waals surface area contributed by atoms with Crippen molar-refractivity contribution in [2.45, 2.75) is 6.61 Å². The van der Waals surface area contributed by atoms with Gasteiger partial charge in [-0.2, -0.15) is 0 Å². The van der Waals surface area contributed by atoms with Crippen LogP contribution in [-0.2, 0) is 6.61 Å². The van der Waals surface area contributed by atoms with Gasteiger partial charge in [-0.1, -0.05) is 53.5 Å². The summed E-state index contributed by atoms with van der Waals surface area (Å²) in [6.07, 6.45) is 0. The first kappa shape index (κ1) is 21.1. The molecular formula is C24H18Cl2O5. The second kappa shape index (κ2) is 8.92. The Labute approximate surface area is 188 Å². The molecule has 0 spiro atoms. The molecule has 0 saturated carbocycles. The number of ether oxygens (including phenoxy) is 3. The van der Waals surface area contributed by atoms with Crippen molar-refractivity contribution in [3.05, 3.63) is 86.5 Å². The van der Waals surface area contributed by atoms with Crippen LogP contribution in [0.1, 0.15) is 5.56 Å². The van der Waals surface area contributed by atoms with Gasteiger partial charge in [0, 0.05) is 27.7 Å². The van der Waals surface area contributed by atoms with E-state index in [0.29, 0.717) is 45.2 Å². The lowest BCUT2D eigenvalue weighted by atomic mass is 10.1. The first-order valence-corrected chi connectivity index (χ1v) is 10.1. The van der Waals surface area contributed by atoms with E-state index >= 15 is 0 Å². The van der Waals surface area contributed by atoms with E-state index in [1.54, 1.807) is 24.3 Å². The molecule has 0 bridgehead atoms. The summed E-state index contributed by atoms with van der Waals surface area (Å²) in [5.74, 6) is 1.30. The maximum Gasteiger partial charge on any atom is 0.205 e. The number of hydrogen-bond donors (Lipinski definition) is 0. The third-order valence-corrected chi connectivity index (χ3v) is 5.13. The van der Waals surface area contributed by atoms with Crippen LogP contribution in [0.15, 0.2) is 69.9 Å². The lowest BCUT2D eigenvalue weighted by Gasteiger charge is -2.15. The summed E-state index contributed by atoms with van der Waals surface area (Å²) in [6, 6.07) is 17.6. The third-order valence-electron chi connectivity index (χ3n) is 4.69. The Morgan fingerprint density at radius 3 is 2.23 bits per heavy atom. The van der Waals surface area contributed by atoms with Gasteiger partial charge in [0.15, 0.2) is 16.8 Å². The van der Waals surface area contributed by atoms with Gasteiger partial charge in [0.05, 0.1) is 14.2 Å². The van der Waals surface area contributed by atoms with Crippen molar-refractivity contribution >= 4 is 34.2 Å². The van der Waals surface area contributed by atoms with Crippen LogP contribution in [0.2, 0.25) is 10.0 Å². The maximum atomic E-state index is 13.0. The van der Waals surface area contributed by atoms with Gasteiger partial charge in [-0.3, -0.25) is 4.79 Å². The number of halogens is 2. The van der Waals surface area contributed by atoms with Crippen LogP contribution in [0, 0.1) is 0 Å². The van der Waals surface area contributed by atoms with Crippen LogP contribution in [0.3, 0.4) is 0 Å². The minimum absolute atomic E-state index is 0.212. The minimum Gasteiger partial charge on any atom is -0.496 e. The molecule has 31 heavy (non-hydrogen) atoms. The van der Waals surface area contributed by atoms with E-state index in [1.807, 2.05) is 30.3 Å². The quantitative estimate of drug-likeness (QED) is 0.337. The van der Waals surface area contributed by atoms with Gasteiger partial charge in [0.1, 0.15) is 23.5 Å². The average molecular weight is 457 g/mol. The zero-order valence-electron chi connectivity index (χ0n) is 16.8. The molecule has 1 aromatic heterocycles. The molecule has 4 aromatic rings. The van der Waals surface area contributed by atoms with Crippen molar-refractivity contribution in [2.75, 3.05) is 14.2 Å². The number of benzene rings is 3. The van der Waals surface area contributed by atoms with Crippen LogP contribution in [-0.4, -0.2) is 14.2 Å². The van der Waals surface area contributed by atoms with E-state index in [-0.39, 0.29) is 16.4 Å². The van der Waals surface area contributed by atoms with Gasteiger partial charge in [0.2, 0.25) is 5.75 Å². The predicted octanol–water partition coefficient (Wildman–Crippen LogP) is 6.36. The molecule has 0 radical (unpaired) electrons. The third kappa shape index (κ3) is 4.33. The summed E-state index contributed by atoms with van der Waals surface area (Å²) in [7, 11) is 2.96. The van der Waals surface area contributed by atoms with E-state index in [0.717, 1.165) is 5.56 Å². The maximum absolute atomic E-state index is 13.0. The lowest BCUT2D eigenvalue weighted by Crippen LogP contribution is -2.06. The molecule has 0 atom stereocenters. The zero-order valence-corrected chi connectivity index (χ0v) is 18.3. The highest BCUT2D eigenvalue weighted by atomic mass is 35.5. The average Bonchev–Trinajstić information content (AvgIpc) is 2.76. The van der Waals surface area contributed by atoms with Gasteiger partial charge in [-0.15, -0.1) is 0 Å². The fourth-order valence-electron chi connectivity index (χ4n) is 3.29. The molecule has 0 N–H and O–H groups in total. The fraction of sp³-hybridized carbons (Fsp3) is 0.125. The summed E-state index contributed by atoms with van der Waals surface area (Å²) < 4.78 is 23.1. The summed E-state index contributed by atoms with van der Waals surface area (Å²) in [5.41, 5.74) is 1.46. The van der Waals surface area contributed by atoms with E-state index in [4.69, 9.17) is 41.8 Å². The Bertz CT molecular complexity index is 1280. The van der Waals surface area contributed by atoms with Crippen LogP contribution >= 0.6 is 23.2 Å². The topological polar surface area (TPSA) is 57.9 Å². The summed E-state index contributed by atoms with van der Waals surface area (Å²) in [5, 5.41) is 1.10. The highest BCUT2D eigenvalue weighted by Gasteiger charge is 2.21. The first-order chi connectivity index (χ1) is 15.0. The Hall–Kier alpha value is -3.15. The van der Waals surface area contributed by atoms with Gasteiger partial charge >= 0.3 is 0 Å². The Balaban J connectivity index is 1.89. The van der Waals surface area contributed by atoms with Gasteiger partial charge in [-0.25, -0.2) is 0 Å². The molecule has 0 amide bonds. The van der Waals surface area contributed by atoms with Crippen LogP contribution in [0.5, 0.6) is 17.2 Å². The highest BCUT2D eigenvalue weighted by molar-refractivity contribution is 6.35. The number of rotatable bonds is 6. The van der Waals surface area contributed by atoms with Crippen molar-refractivity contribution in [3.8, 4) is 28.6 Å². The molecule has 4 rings (SSSR count). The van der Waals surface area contributed by atoms with Crippen LogP contribution < -0.4 is 19.6 Å². The standard InChI is InChI=1S/C24H18Cl2O5/c1-28-20-12-21(30-13-14-6-4-3-5-7-14)23(29-2)24-22(20)18(27)11-19(31-24)15-8-16(25)10-17(26)9-15/h3-12H,13H2,1-2H3. The van der Waals surface area contributed by atoms with E-state index in [1.165, 1.54) is 20.3 Å². The molecule has 0 aliphatic rings. The second-order valence-electron chi connectivity index (χ2n) is 6.72. The van der Waals surface area contributed by atoms with Gasteiger partial charge in [-0.05, 0) is 23.8 Å². The van der Waals surface area contributed by atoms with Gasteiger partial charge in [0.25, 0.3) is 0 Å². The summed E-state index contributed by atoms with van der Waals surface area (Å²) in [4.78, 5) is 13.0. The predicted molar refractivity (Wildman–Crippen MR) is 122 cm³/mol. The Morgan fingerprint density at radius 1 is 0.871 bits per heavy atom. The largest absolute Gasteiger partial charge is 0.496 e. The first-order valence-electron chi connectivity index (χ1n) is 9.36. The molecule has 7 heteroatoms. The smallest absolute Gasteiger partial charge is 0.205 e. The molecular weight excluding hydrogens is 439 g/mol. The number of hydrogen-bond acceptors (Lipinski definition) is 5. The van der Waals surface area contributed by atoms with Crippen molar-refractivity contribution < 1.29 is 18.6 Å². The SMILES string of the molecule is COc1c(OCc2ccccc2)cc(OC)c2c(=O)cc(-c3cc(Cl)cc(Cl)c3)oc12. The molecule has 3 aromatic carbocycles. The monoisotopic (exact) mass is 456 g/mol. The Morgan fingerprint density at radius 2 is 1.58 bits per heavy atom. The van der Waals surface area contributed by atoms with Crippen LogP contribution in [0.4, 0.5) is 0 Å². The number of fused-ring (bicyclic) bond motifs is 1. The lowest BCUT2D eigenvalue weighted by molar-refractivity contribution is 0.282. The molecule has 158 valence electrons. The molecule has 0 unspecified atom stereocenters. The van der Waals surface area contributed by atoms with Crippen molar-refractivity contribution in [2.24, 2.45) is 0 Å². The minimum atomic E-state index is -0.294. The molecule has 1 heterocycles. The Kier molecular flexibility index (Phi) is 6.07. The van der Waals surface area contributed by atoms with Crippen LogP contribution in [0.25, 0.3) is 22.3 Å². The van der Waals surface area contributed by atoms with E-state index < -0.39 is 0 Å². The zero-order chi connectivity index (χ0) is 22.0. The highest BCUT2D eigenvalue weighted by Crippen LogP contribution is 2.42. The van der Waals surface area contributed by atoms with Crippen molar-refractivity contribution in [3.63, 3.8) is 0 Å². The second-order valence-corrected chi connectivity index (χ2v) is 7.59. The number of methoxy groups -OCH3 is 2. The van der Waals surface area contributed by atoms with Crippen molar-refractivity contribution in [1.29, 1.82) is 0 Å². The molecule has 0 saturated heterocycles. The molecule has 0 aliphatic carbocycles. The summed E-state index contributed by atoms with van der Waals surface area (Å²) in [6.45, 7) is 0.305. The van der Waals surface area contributed by atoms with Crippen molar-refractivity contribution in [1.82, 2.24) is 0 Å². The van der Waals surface area contributed by atoms with Gasteiger partial charge < -0.3 is 18.6 Å². The van der Waals surface area contributed by atoms with E-state index in [2.05, 4.69) is 0 Å². The normalized spacial score (nSPS) is 10.8. The molecule has 0 fully saturated rings. The van der Waals surface area contributed by atoms with E-state index in [9.17, 15) is 4.79 Å². The summed E-state index contributed by atoms with van der Waals surface area (Å²) >= 11 is 12.2.